The van der Waals surface area contributed by atoms with Crippen molar-refractivity contribution in [3.05, 3.63) is 436 Å². The van der Waals surface area contributed by atoms with Gasteiger partial charge >= 0.3 is 0 Å². The summed E-state index contributed by atoms with van der Waals surface area (Å²) in [6, 6.07) is 158. The third kappa shape index (κ3) is 11.8. The molecule has 0 saturated heterocycles. The molecule has 0 radical (unpaired) electrons. The summed E-state index contributed by atoms with van der Waals surface area (Å²) in [4.78, 5) is 4.87. The van der Waals surface area contributed by atoms with Crippen molar-refractivity contribution in [2.45, 2.75) is 19.3 Å². The van der Waals surface area contributed by atoms with Crippen LogP contribution in [0.1, 0.15) is 25.0 Å². The van der Waals surface area contributed by atoms with Gasteiger partial charge in [0.05, 0.1) is 0 Å². The molecule has 24 rings (SSSR count). The number of nitrogens with zero attached hydrogens (tertiary/aromatic N) is 2. The van der Waals surface area contributed by atoms with Crippen LogP contribution in [0.4, 0.5) is 34.1 Å². The Morgan fingerprint density at radius 1 is 0.205 bits per heavy atom. The summed E-state index contributed by atoms with van der Waals surface area (Å²) in [7, 11) is 0. The summed E-state index contributed by atoms with van der Waals surface area (Å²) in [5.41, 5.74) is 32.0. The van der Waals surface area contributed by atoms with Gasteiger partial charge in [-0.15, -0.1) is 22.7 Å². The Morgan fingerprint density at radius 3 is 1.30 bits per heavy atom. The molecule has 3 heterocycles. The lowest BCUT2D eigenvalue weighted by molar-refractivity contribution is 0.660. The van der Waals surface area contributed by atoms with Gasteiger partial charge in [0.1, 0.15) is 11.2 Å². The number of hydrogen-bond donors (Lipinski definition) is 0. The molecule has 0 N–H and O–H groups in total. The molecule has 0 bridgehead atoms. The molecular formula is C117H76N2OS2. The van der Waals surface area contributed by atoms with Gasteiger partial charge in [0.25, 0.3) is 0 Å². The van der Waals surface area contributed by atoms with Crippen LogP contribution in [0.15, 0.2) is 429 Å². The van der Waals surface area contributed by atoms with Crippen LogP contribution in [0, 0.1) is 0 Å². The van der Waals surface area contributed by atoms with Crippen molar-refractivity contribution in [3.63, 3.8) is 0 Å². The largest absolute Gasteiger partial charge is 0.455 e. The second-order valence-corrected chi connectivity index (χ2v) is 35.1. The number of benzene rings is 20. The molecule has 1 aliphatic carbocycles. The van der Waals surface area contributed by atoms with Crippen molar-refractivity contribution in [1.29, 1.82) is 0 Å². The summed E-state index contributed by atoms with van der Waals surface area (Å²) >= 11 is 3.74. The van der Waals surface area contributed by atoms with Crippen molar-refractivity contribution < 1.29 is 4.42 Å². The maximum Gasteiger partial charge on any atom is 0.143 e. The van der Waals surface area contributed by atoms with Crippen LogP contribution in [-0.2, 0) is 5.41 Å². The molecule has 5 heteroatoms. The average Bonchev–Trinajstić information content (AvgIpc) is 1.71. The van der Waals surface area contributed by atoms with E-state index in [9.17, 15) is 0 Å². The van der Waals surface area contributed by atoms with Crippen LogP contribution in [0.3, 0.4) is 0 Å². The second kappa shape index (κ2) is 28.7. The van der Waals surface area contributed by atoms with E-state index in [-0.39, 0.29) is 5.41 Å². The fourth-order valence-electron chi connectivity index (χ4n) is 19.7. The van der Waals surface area contributed by atoms with Gasteiger partial charge < -0.3 is 14.2 Å². The average molecular weight is 1590 g/mol. The first kappa shape index (κ1) is 71.2. The number of thiophene rings is 2. The fraction of sp³-hybridized carbons (Fsp3) is 0.0256. The van der Waals surface area contributed by atoms with Crippen LogP contribution in [0.2, 0.25) is 0 Å². The smallest absolute Gasteiger partial charge is 0.143 e. The number of furan rings is 1. The van der Waals surface area contributed by atoms with E-state index in [0.29, 0.717) is 0 Å². The van der Waals surface area contributed by atoms with E-state index in [1.807, 2.05) is 22.7 Å². The number of anilines is 6. The highest BCUT2D eigenvalue weighted by Crippen LogP contribution is 2.54. The first-order valence-electron chi connectivity index (χ1n) is 42.0. The molecule has 122 heavy (non-hydrogen) atoms. The Hall–Kier alpha value is -15.0. The highest BCUT2D eigenvalue weighted by Gasteiger charge is 2.36. The summed E-state index contributed by atoms with van der Waals surface area (Å²) in [5.74, 6) is 0. The minimum Gasteiger partial charge on any atom is -0.455 e. The van der Waals surface area contributed by atoms with E-state index in [2.05, 4.69) is 448 Å². The minimum atomic E-state index is -0.202. The van der Waals surface area contributed by atoms with Crippen molar-refractivity contribution in [1.82, 2.24) is 0 Å². The topological polar surface area (TPSA) is 19.6 Å². The first-order valence-corrected chi connectivity index (χ1v) is 43.6. The van der Waals surface area contributed by atoms with E-state index in [4.69, 9.17) is 4.42 Å². The zero-order valence-corrected chi connectivity index (χ0v) is 68.7. The van der Waals surface area contributed by atoms with Crippen molar-refractivity contribution in [2.24, 2.45) is 0 Å². The number of para-hydroxylation sites is 1. The van der Waals surface area contributed by atoms with Gasteiger partial charge in [-0.25, -0.2) is 0 Å². The maximum atomic E-state index is 6.88. The third-order valence-corrected chi connectivity index (χ3v) is 28.1. The van der Waals surface area contributed by atoms with E-state index in [1.165, 1.54) is 145 Å². The van der Waals surface area contributed by atoms with Gasteiger partial charge in [-0.3, -0.25) is 0 Å². The molecule has 0 unspecified atom stereocenters. The Morgan fingerprint density at radius 2 is 0.607 bits per heavy atom. The van der Waals surface area contributed by atoms with Crippen LogP contribution in [-0.4, -0.2) is 0 Å². The Balaban J connectivity index is 0.580. The summed E-state index contributed by atoms with van der Waals surface area (Å²) in [6.45, 7) is 4.75. The van der Waals surface area contributed by atoms with Crippen molar-refractivity contribution in [2.75, 3.05) is 9.80 Å². The highest BCUT2D eigenvalue weighted by molar-refractivity contribution is 7.26. The molecule has 0 spiro atoms. The normalized spacial score (nSPS) is 12.4. The van der Waals surface area contributed by atoms with Crippen LogP contribution in [0.25, 0.3) is 195 Å². The molecule has 3 aromatic heterocycles. The Bertz CT molecular complexity index is 8100. The first-order chi connectivity index (χ1) is 60.2. The van der Waals surface area contributed by atoms with E-state index < -0.39 is 0 Å². The predicted molar refractivity (Wildman–Crippen MR) is 522 cm³/mol. The number of fused-ring (bicyclic) bond motifs is 18. The summed E-state index contributed by atoms with van der Waals surface area (Å²) in [5, 5.41) is 14.7. The van der Waals surface area contributed by atoms with Crippen molar-refractivity contribution in [3.8, 4) is 100 Å². The zero-order valence-electron chi connectivity index (χ0n) is 67.0. The molecule has 0 aliphatic heterocycles. The molecule has 0 amide bonds. The predicted octanol–water partition coefficient (Wildman–Crippen LogP) is 34.4. The highest BCUT2D eigenvalue weighted by atomic mass is 32.1. The second-order valence-electron chi connectivity index (χ2n) is 32.9. The summed E-state index contributed by atoms with van der Waals surface area (Å²) in [6.07, 6.45) is 0. The molecule has 0 fully saturated rings. The Kier molecular flexibility index (Phi) is 16.7. The SMILES string of the molecule is CC1(C)c2ccccc2-c2ccc(N(c3ccc(-c4ccc5c(oc6ccccc65)c4-c4ccc(-c5ccccc5)cc4)cc3)c3ccc4c5ccc(-c6cccc(-c7ccc(N(c8ccc(-c9cc%10sc%11ccccc%11c%10cc9-c9ccccc9)cc8)c8ccc(-c9cccc%10c9sc9ccccc9%10)cc8)cc7)c6)cc5c5ccccc5c4c3)cc21. The molecule has 1 aliphatic rings. The van der Waals surface area contributed by atoms with Gasteiger partial charge in [0.15, 0.2) is 0 Å². The van der Waals surface area contributed by atoms with Gasteiger partial charge in [-0.05, 0) is 259 Å². The van der Waals surface area contributed by atoms with Gasteiger partial charge in [0, 0.05) is 96.2 Å². The molecule has 572 valence electrons. The van der Waals surface area contributed by atoms with Crippen LogP contribution < -0.4 is 9.80 Å². The monoisotopic (exact) mass is 1590 g/mol. The summed E-state index contributed by atoms with van der Waals surface area (Å²) < 4.78 is 12.1. The fourth-order valence-corrected chi connectivity index (χ4v) is 22.0. The van der Waals surface area contributed by atoms with Gasteiger partial charge in [-0.1, -0.05) is 317 Å². The molecule has 23 aromatic rings. The lowest BCUT2D eigenvalue weighted by atomic mass is 9.82. The van der Waals surface area contributed by atoms with Gasteiger partial charge in [0.2, 0.25) is 0 Å². The molecule has 3 nitrogen and oxygen atoms in total. The Labute approximate surface area is 715 Å². The quantitative estimate of drug-likeness (QED) is 0.101. The minimum absolute atomic E-state index is 0.202. The van der Waals surface area contributed by atoms with E-state index in [1.54, 1.807) is 0 Å². The standard InChI is InChI=1S/C117H76N2OS2/c1-117(2)108-35-15-11-29-96(108)97-64-61-89(70-109(97)117)119(87-54-45-77(46-55-87)90-65-66-101-98-30-12-16-36-110(98)120-115(101)114(90)80-41-39-74(40-42-80)73-21-5-3-6-22-73)88-60-63-95-94-62-51-83(68-105(94)92-27-9-10-28-93(92)106(95)69-88)82-26-19-25-81(67-82)75-43-52-84(53-44-75)118(85-56-47-78(48-57-85)91-33-20-34-102-99-31-13-18-38-112(99)122-116(91)102)86-58-49-79(50-59-86)104-72-113-107(100-32-14-17-37-111(100)121-113)71-103(104)76-23-7-4-8-24-76/h3-72H,1-2H3. The number of rotatable bonds is 14. The van der Waals surface area contributed by atoms with Gasteiger partial charge in [-0.2, -0.15) is 0 Å². The maximum absolute atomic E-state index is 6.88. The van der Waals surface area contributed by atoms with Crippen molar-refractivity contribution >= 4 is 151 Å². The lowest BCUT2D eigenvalue weighted by Crippen LogP contribution is -2.16. The van der Waals surface area contributed by atoms with E-state index >= 15 is 0 Å². The third-order valence-electron chi connectivity index (χ3n) is 25.7. The van der Waals surface area contributed by atoms with Crippen LogP contribution >= 0.6 is 22.7 Å². The zero-order chi connectivity index (χ0) is 80.7. The van der Waals surface area contributed by atoms with E-state index in [0.717, 1.165) is 95.0 Å². The lowest BCUT2D eigenvalue weighted by Gasteiger charge is -2.29. The molecular weight excluding hydrogens is 1510 g/mol. The molecule has 20 aromatic carbocycles. The number of hydrogen-bond acceptors (Lipinski definition) is 5. The molecule has 0 saturated carbocycles. The van der Waals surface area contributed by atoms with Crippen LogP contribution in [0.5, 0.6) is 0 Å². The molecule has 0 atom stereocenters.